The van der Waals surface area contributed by atoms with E-state index in [0.717, 1.165) is 0 Å². The van der Waals surface area contributed by atoms with Crippen LogP contribution in [0.1, 0.15) is 50.2 Å². The van der Waals surface area contributed by atoms with Crippen LogP contribution in [0.15, 0.2) is 4.52 Å². The van der Waals surface area contributed by atoms with E-state index in [1.54, 1.807) is 18.7 Å². The highest BCUT2D eigenvalue weighted by Gasteiger charge is 2.28. The van der Waals surface area contributed by atoms with Gasteiger partial charge in [0.1, 0.15) is 0 Å². The SMILES string of the molecule is Cc1noc(CNC(=O)C2CCN(C(=O)CSC3CCCC3)CC2)n1. The maximum absolute atomic E-state index is 12.3. The van der Waals surface area contributed by atoms with E-state index in [4.69, 9.17) is 4.52 Å². The quantitative estimate of drug-likeness (QED) is 0.827. The molecule has 8 heteroatoms. The van der Waals surface area contributed by atoms with Gasteiger partial charge in [0, 0.05) is 24.3 Å². The highest BCUT2D eigenvalue weighted by atomic mass is 32.2. The summed E-state index contributed by atoms with van der Waals surface area (Å²) in [6, 6.07) is 0. The molecular weight excluding hydrogens is 340 g/mol. The molecule has 1 aliphatic heterocycles. The van der Waals surface area contributed by atoms with Gasteiger partial charge in [0.15, 0.2) is 5.82 Å². The molecule has 2 aliphatic rings. The Morgan fingerprint density at radius 3 is 2.60 bits per heavy atom. The Labute approximate surface area is 152 Å². The van der Waals surface area contributed by atoms with E-state index >= 15 is 0 Å². The number of hydrogen-bond acceptors (Lipinski definition) is 6. The molecule has 0 bridgehead atoms. The van der Waals surface area contributed by atoms with Gasteiger partial charge in [-0.15, -0.1) is 11.8 Å². The number of nitrogens with one attached hydrogen (secondary N) is 1. The van der Waals surface area contributed by atoms with Gasteiger partial charge in [-0.3, -0.25) is 9.59 Å². The lowest BCUT2D eigenvalue weighted by atomic mass is 9.96. The second-order valence-electron chi connectivity index (χ2n) is 6.83. The first-order valence-corrected chi connectivity index (χ1v) is 10.1. The molecule has 138 valence electrons. The summed E-state index contributed by atoms with van der Waals surface area (Å²) in [6.45, 7) is 3.34. The van der Waals surface area contributed by atoms with Crippen LogP contribution in [0.2, 0.25) is 0 Å². The van der Waals surface area contributed by atoms with Crippen molar-refractivity contribution in [1.82, 2.24) is 20.4 Å². The summed E-state index contributed by atoms with van der Waals surface area (Å²) >= 11 is 1.81. The lowest BCUT2D eigenvalue weighted by molar-refractivity contribution is -0.133. The van der Waals surface area contributed by atoms with Crippen molar-refractivity contribution in [3.63, 3.8) is 0 Å². The highest BCUT2D eigenvalue weighted by Crippen LogP contribution is 2.29. The van der Waals surface area contributed by atoms with Crippen LogP contribution in [-0.2, 0) is 16.1 Å². The number of carbonyl (C=O) groups excluding carboxylic acids is 2. The molecule has 0 aromatic carbocycles. The van der Waals surface area contributed by atoms with Gasteiger partial charge in [-0.05, 0) is 32.6 Å². The summed E-state index contributed by atoms with van der Waals surface area (Å²) in [5.74, 6) is 1.74. The number of likely N-dealkylation sites (tertiary alicyclic amines) is 1. The minimum absolute atomic E-state index is 0.00304. The van der Waals surface area contributed by atoms with Crippen LogP contribution < -0.4 is 5.32 Å². The van der Waals surface area contributed by atoms with Gasteiger partial charge in [0.05, 0.1) is 12.3 Å². The fourth-order valence-corrected chi connectivity index (χ4v) is 4.67. The van der Waals surface area contributed by atoms with Gasteiger partial charge in [-0.1, -0.05) is 18.0 Å². The van der Waals surface area contributed by atoms with Gasteiger partial charge in [0.2, 0.25) is 17.7 Å². The van der Waals surface area contributed by atoms with Crippen LogP contribution in [0.3, 0.4) is 0 Å². The number of rotatable bonds is 6. The van der Waals surface area contributed by atoms with Crippen LogP contribution in [0.5, 0.6) is 0 Å². The van der Waals surface area contributed by atoms with Gasteiger partial charge in [-0.2, -0.15) is 4.98 Å². The van der Waals surface area contributed by atoms with Crippen molar-refractivity contribution in [2.24, 2.45) is 5.92 Å². The maximum Gasteiger partial charge on any atom is 0.246 e. The van der Waals surface area contributed by atoms with Crippen LogP contribution >= 0.6 is 11.8 Å². The third kappa shape index (κ3) is 5.20. The molecule has 2 heterocycles. The van der Waals surface area contributed by atoms with E-state index in [9.17, 15) is 9.59 Å². The van der Waals surface area contributed by atoms with Crippen LogP contribution in [-0.4, -0.2) is 50.9 Å². The Hall–Kier alpha value is -1.57. The molecule has 0 radical (unpaired) electrons. The molecule has 7 nitrogen and oxygen atoms in total. The number of amides is 2. The molecule has 1 aliphatic carbocycles. The number of aryl methyl sites for hydroxylation is 1. The molecule has 1 saturated heterocycles. The van der Waals surface area contributed by atoms with Gasteiger partial charge in [-0.25, -0.2) is 0 Å². The predicted octanol–water partition coefficient (Wildman–Crippen LogP) is 1.91. The molecular formula is C17H26N4O3S. The second-order valence-corrected chi connectivity index (χ2v) is 8.11. The largest absolute Gasteiger partial charge is 0.347 e. The molecule has 2 amide bonds. The monoisotopic (exact) mass is 366 g/mol. The minimum Gasteiger partial charge on any atom is -0.347 e. The van der Waals surface area contributed by atoms with E-state index in [1.807, 2.05) is 4.90 Å². The highest BCUT2D eigenvalue weighted by molar-refractivity contribution is 8.00. The fraction of sp³-hybridized carbons (Fsp3) is 0.765. The lowest BCUT2D eigenvalue weighted by Crippen LogP contribution is -2.43. The number of piperidine rings is 1. The Morgan fingerprint density at radius 1 is 1.24 bits per heavy atom. The zero-order valence-corrected chi connectivity index (χ0v) is 15.5. The number of carbonyl (C=O) groups is 2. The van der Waals surface area contributed by atoms with Crippen molar-refractivity contribution in [3.8, 4) is 0 Å². The zero-order valence-electron chi connectivity index (χ0n) is 14.7. The van der Waals surface area contributed by atoms with Crippen LogP contribution in [0.25, 0.3) is 0 Å². The van der Waals surface area contributed by atoms with E-state index in [-0.39, 0.29) is 24.3 Å². The summed E-state index contributed by atoms with van der Waals surface area (Å²) in [5.41, 5.74) is 0. The standard InChI is InChI=1S/C17H26N4O3S/c1-12-19-15(24-20-12)10-18-17(23)13-6-8-21(9-7-13)16(22)11-25-14-4-2-3-5-14/h13-14H,2-11H2,1H3,(H,18,23). The van der Waals surface area contributed by atoms with Crippen molar-refractivity contribution < 1.29 is 14.1 Å². The normalized spacial score (nSPS) is 19.3. The summed E-state index contributed by atoms with van der Waals surface area (Å²) in [5, 5.41) is 7.21. The molecule has 3 rings (SSSR count). The van der Waals surface area contributed by atoms with Crippen LogP contribution in [0.4, 0.5) is 0 Å². The third-order valence-corrected chi connectivity index (χ3v) is 6.30. The predicted molar refractivity (Wildman–Crippen MR) is 94.9 cm³/mol. The molecule has 1 saturated carbocycles. The van der Waals surface area contributed by atoms with E-state index < -0.39 is 0 Å². The van der Waals surface area contributed by atoms with E-state index in [1.165, 1.54) is 25.7 Å². The van der Waals surface area contributed by atoms with Crippen molar-refractivity contribution in [2.45, 2.75) is 57.2 Å². The summed E-state index contributed by atoms with van der Waals surface area (Å²) in [6.07, 6.45) is 6.54. The number of thioether (sulfide) groups is 1. The first kappa shape index (κ1) is 18.2. The molecule has 1 N–H and O–H groups in total. The second kappa shape index (κ2) is 8.69. The Morgan fingerprint density at radius 2 is 1.96 bits per heavy atom. The van der Waals surface area contributed by atoms with E-state index in [0.29, 0.717) is 48.6 Å². The minimum atomic E-state index is -0.0458. The molecule has 0 atom stereocenters. The first-order valence-electron chi connectivity index (χ1n) is 9.08. The Balaban J connectivity index is 1.35. The third-order valence-electron chi connectivity index (χ3n) is 4.95. The molecule has 0 unspecified atom stereocenters. The molecule has 2 fully saturated rings. The Bertz CT molecular complexity index is 592. The van der Waals surface area contributed by atoms with Crippen molar-refractivity contribution in [2.75, 3.05) is 18.8 Å². The number of aromatic nitrogens is 2. The summed E-state index contributed by atoms with van der Waals surface area (Å²) < 4.78 is 4.99. The molecule has 0 spiro atoms. The maximum atomic E-state index is 12.3. The topological polar surface area (TPSA) is 88.3 Å². The zero-order chi connectivity index (χ0) is 17.6. The number of nitrogens with zero attached hydrogens (tertiary/aromatic N) is 3. The number of hydrogen-bond donors (Lipinski definition) is 1. The van der Waals surface area contributed by atoms with Gasteiger partial charge >= 0.3 is 0 Å². The summed E-state index contributed by atoms with van der Waals surface area (Å²) in [7, 11) is 0. The Kier molecular flexibility index (Phi) is 6.34. The smallest absolute Gasteiger partial charge is 0.246 e. The summed E-state index contributed by atoms with van der Waals surface area (Å²) in [4.78, 5) is 30.5. The van der Waals surface area contributed by atoms with Gasteiger partial charge in [0.25, 0.3) is 0 Å². The molecule has 1 aromatic heterocycles. The van der Waals surface area contributed by atoms with Crippen molar-refractivity contribution in [1.29, 1.82) is 0 Å². The van der Waals surface area contributed by atoms with Crippen LogP contribution in [0, 0.1) is 12.8 Å². The average molecular weight is 366 g/mol. The molecule has 25 heavy (non-hydrogen) atoms. The van der Waals surface area contributed by atoms with Crippen molar-refractivity contribution >= 4 is 23.6 Å². The fourth-order valence-electron chi connectivity index (χ4n) is 3.45. The van der Waals surface area contributed by atoms with Crippen molar-refractivity contribution in [3.05, 3.63) is 11.7 Å². The van der Waals surface area contributed by atoms with E-state index in [2.05, 4.69) is 15.5 Å². The first-order chi connectivity index (χ1) is 12.1. The van der Waals surface area contributed by atoms with Gasteiger partial charge < -0.3 is 14.7 Å². The average Bonchev–Trinajstić information content (AvgIpc) is 3.29. The molecule has 1 aromatic rings. The lowest BCUT2D eigenvalue weighted by Gasteiger charge is -2.31.